The summed E-state index contributed by atoms with van der Waals surface area (Å²) in [5, 5.41) is 12.2. The molecule has 4 nitrogen and oxygen atoms in total. The summed E-state index contributed by atoms with van der Waals surface area (Å²) < 4.78 is 7.14. The highest BCUT2D eigenvalue weighted by molar-refractivity contribution is 6.30. The van der Waals surface area contributed by atoms with Gasteiger partial charge in [0.25, 0.3) is 11.5 Å². The average molecular weight is 368 g/mol. The smallest absolute Gasteiger partial charge is 0.279 e. The second-order valence-electron chi connectivity index (χ2n) is 6.46. The zero-order chi connectivity index (χ0) is 18.1. The van der Waals surface area contributed by atoms with Gasteiger partial charge in [-0.05, 0) is 35.9 Å². The summed E-state index contributed by atoms with van der Waals surface area (Å²) >= 11 is 6.02. The van der Waals surface area contributed by atoms with Gasteiger partial charge in [-0.2, -0.15) is 4.57 Å². The van der Waals surface area contributed by atoms with Gasteiger partial charge in [0.2, 0.25) is 0 Å². The van der Waals surface area contributed by atoms with Crippen LogP contribution in [0.1, 0.15) is 11.1 Å². The molecule has 0 unspecified atom stereocenters. The number of fused-ring (bicyclic) bond motifs is 1. The van der Waals surface area contributed by atoms with Crippen LogP contribution >= 0.6 is 11.6 Å². The number of nitrogens with zero attached hydrogens (tertiary/aromatic N) is 2. The number of pyridine rings is 1. The Morgan fingerprint density at radius 3 is 2.50 bits per heavy atom. The summed E-state index contributed by atoms with van der Waals surface area (Å²) in [4.78, 5) is 2.18. The van der Waals surface area contributed by atoms with Crippen molar-refractivity contribution in [2.45, 2.75) is 12.3 Å². The van der Waals surface area contributed by atoms with Gasteiger partial charge in [0.15, 0.2) is 6.54 Å². The molecule has 2 aromatic carbocycles. The van der Waals surface area contributed by atoms with Gasteiger partial charge in [0.05, 0.1) is 13.3 Å². The monoisotopic (exact) mass is 367 g/mol. The van der Waals surface area contributed by atoms with Crippen LogP contribution in [0.25, 0.3) is 0 Å². The molecule has 1 aliphatic heterocycles. The Balaban J connectivity index is 1.68. The van der Waals surface area contributed by atoms with Gasteiger partial charge in [0.1, 0.15) is 12.3 Å². The van der Waals surface area contributed by atoms with Crippen molar-refractivity contribution in [1.82, 2.24) is 0 Å². The third kappa shape index (κ3) is 2.91. The fourth-order valence-corrected chi connectivity index (χ4v) is 3.59. The van der Waals surface area contributed by atoms with E-state index in [1.54, 1.807) is 7.11 Å². The zero-order valence-corrected chi connectivity index (χ0v) is 15.2. The highest BCUT2D eigenvalue weighted by Gasteiger charge is 2.49. The third-order valence-electron chi connectivity index (χ3n) is 4.81. The van der Waals surface area contributed by atoms with Crippen LogP contribution in [0, 0.1) is 0 Å². The molecule has 1 atom stereocenters. The summed E-state index contributed by atoms with van der Waals surface area (Å²) in [6, 6.07) is 21.3. The van der Waals surface area contributed by atoms with Crippen LogP contribution in [-0.4, -0.2) is 18.8 Å². The third-order valence-corrected chi connectivity index (χ3v) is 5.06. The molecular weight excluding hydrogens is 348 g/mol. The van der Waals surface area contributed by atoms with Gasteiger partial charge in [-0.3, -0.25) is 0 Å². The van der Waals surface area contributed by atoms with Crippen molar-refractivity contribution >= 4 is 17.4 Å². The molecule has 1 N–H and O–H groups in total. The first-order valence-electron chi connectivity index (χ1n) is 8.47. The van der Waals surface area contributed by atoms with Gasteiger partial charge in [0, 0.05) is 16.7 Å². The van der Waals surface area contributed by atoms with Crippen LogP contribution in [0.4, 0.5) is 5.82 Å². The summed E-state index contributed by atoms with van der Waals surface area (Å²) in [6.45, 7) is 1.16. The van der Waals surface area contributed by atoms with Crippen molar-refractivity contribution in [1.29, 1.82) is 0 Å². The summed E-state index contributed by atoms with van der Waals surface area (Å²) in [5.74, 6) is 1.81. The van der Waals surface area contributed by atoms with Crippen LogP contribution in [0.15, 0.2) is 72.9 Å². The molecule has 0 bridgehead atoms. The lowest BCUT2D eigenvalue weighted by Gasteiger charge is -2.20. The highest BCUT2D eigenvalue weighted by Crippen LogP contribution is 2.31. The Labute approximate surface area is 157 Å². The van der Waals surface area contributed by atoms with Crippen LogP contribution in [0.2, 0.25) is 5.02 Å². The van der Waals surface area contributed by atoms with Crippen LogP contribution in [0.5, 0.6) is 5.75 Å². The molecule has 4 rings (SSSR count). The molecule has 5 heteroatoms. The molecule has 0 radical (unpaired) electrons. The lowest BCUT2D eigenvalue weighted by Crippen LogP contribution is -2.55. The average Bonchev–Trinajstić information content (AvgIpc) is 2.96. The number of benzene rings is 2. The fraction of sp³-hybridized carbons (Fsp3) is 0.190. The Morgan fingerprint density at radius 2 is 1.81 bits per heavy atom. The lowest BCUT2D eigenvalue weighted by molar-refractivity contribution is -0.770. The number of aromatic nitrogens is 1. The van der Waals surface area contributed by atoms with Crippen LogP contribution in [0.3, 0.4) is 0 Å². The molecule has 26 heavy (non-hydrogen) atoms. The minimum absolute atomic E-state index is 0.463. The summed E-state index contributed by atoms with van der Waals surface area (Å²) in [7, 11) is 1.66. The Hall–Kier alpha value is -2.56. The fourth-order valence-electron chi connectivity index (χ4n) is 3.46. The largest absolute Gasteiger partial charge is 0.497 e. The SMILES string of the molecule is COc1ccc(CN2C[C@](O)(c3ccc(Cl)cc3)[n+]3ccccc32)cc1. The molecule has 1 aliphatic rings. The van der Waals surface area contributed by atoms with Crippen molar-refractivity contribution in [2.24, 2.45) is 0 Å². The van der Waals surface area contributed by atoms with Crippen molar-refractivity contribution in [2.75, 3.05) is 18.6 Å². The van der Waals surface area contributed by atoms with E-state index in [2.05, 4.69) is 4.90 Å². The van der Waals surface area contributed by atoms with Gasteiger partial charge in [-0.1, -0.05) is 41.9 Å². The van der Waals surface area contributed by atoms with E-state index in [9.17, 15) is 5.11 Å². The molecule has 0 saturated heterocycles. The van der Waals surface area contributed by atoms with Crippen LogP contribution < -0.4 is 14.2 Å². The normalized spacial score (nSPS) is 18.7. The topological polar surface area (TPSA) is 36.6 Å². The first-order valence-corrected chi connectivity index (χ1v) is 8.85. The summed E-state index contributed by atoms with van der Waals surface area (Å²) in [6.07, 6.45) is 1.91. The van der Waals surface area contributed by atoms with Crippen molar-refractivity contribution in [3.63, 3.8) is 0 Å². The van der Waals surface area contributed by atoms with Gasteiger partial charge in [-0.15, -0.1) is 0 Å². The first-order chi connectivity index (χ1) is 12.6. The van der Waals surface area contributed by atoms with Crippen LogP contribution in [-0.2, 0) is 12.3 Å². The second kappa shape index (κ2) is 6.63. The van der Waals surface area contributed by atoms with Gasteiger partial charge >= 0.3 is 0 Å². The molecule has 132 valence electrons. The molecule has 1 aromatic heterocycles. The Morgan fingerprint density at radius 1 is 1.08 bits per heavy atom. The maximum atomic E-state index is 11.5. The van der Waals surface area contributed by atoms with E-state index in [4.69, 9.17) is 16.3 Å². The number of ether oxygens (including phenoxy) is 1. The number of methoxy groups -OCH3 is 1. The van der Waals surface area contributed by atoms with Gasteiger partial charge < -0.3 is 9.84 Å². The molecule has 0 spiro atoms. The highest BCUT2D eigenvalue weighted by atomic mass is 35.5. The minimum Gasteiger partial charge on any atom is -0.497 e. The standard InChI is InChI=1S/C21H20ClN2O2/c1-26-19-11-5-16(6-12-19)14-23-15-21(25,17-7-9-18(22)10-8-17)24-13-3-2-4-20(23)24/h2-13,25H,14-15H2,1H3/q+1/t21-/m0/s1. The van der Waals surface area contributed by atoms with E-state index in [0.29, 0.717) is 18.1 Å². The second-order valence-corrected chi connectivity index (χ2v) is 6.89. The molecule has 2 heterocycles. The van der Waals surface area contributed by atoms with Crippen molar-refractivity contribution in [3.8, 4) is 5.75 Å². The lowest BCUT2D eigenvalue weighted by atomic mass is 10.0. The number of hydrogen-bond donors (Lipinski definition) is 1. The molecule has 0 saturated carbocycles. The number of rotatable bonds is 4. The molecule has 0 fully saturated rings. The number of anilines is 1. The predicted octanol–water partition coefficient (Wildman–Crippen LogP) is 3.35. The van der Waals surface area contributed by atoms with Gasteiger partial charge in [-0.25, -0.2) is 4.90 Å². The van der Waals surface area contributed by atoms with E-state index in [-0.39, 0.29) is 0 Å². The predicted molar refractivity (Wildman–Crippen MR) is 101 cm³/mol. The Kier molecular flexibility index (Phi) is 4.31. The van der Waals surface area contributed by atoms with E-state index >= 15 is 0 Å². The molecule has 0 aliphatic carbocycles. The number of hydrogen-bond acceptors (Lipinski definition) is 3. The van der Waals surface area contributed by atoms with E-state index in [1.165, 1.54) is 0 Å². The van der Waals surface area contributed by atoms with E-state index < -0.39 is 5.72 Å². The molecule has 3 aromatic rings. The zero-order valence-electron chi connectivity index (χ0n) is 14.5. The summed E-state index contributed by atoms with van der Waals surface area (Å²) in [5.41, 5.74) is 0.839. The number of β-amino-alcohol motifs (C(OH)–C–C–N with tert-alkyl or cyclic N) is 1. The maximum Gasteiger partial charge on any atom is 0.279 e. The Bertz CT molecular complexity index is 912. The van der Waals surface area contributed by atoms with Crippen molar-refractivity contribution in [3.05, 3.63) is 89.1 Å². The first kappa shape index (κ1) is 16.9. The van der Waals surface area contributed by atoms with E-state index in [1.807, 2.05) is 77.5 Å². The quantitative estimate of drug-likeness (QED) is 0.718. The van der Waals surface area contributed by atoms with Crippen molar-refractivity contribution < 1.29 is 14.4 Å². The minimum atomic E-state index is -1.13. The molecule has 0 amide bonds. The maximum absolute atomic E-state index is 11.5. The van der Waals surface area contributed by atoms with E-state index in [0.717, 1.165) is 22.7 Å². The number of aliphatic hydroxyl groups is 1. The molecular formula is C21H20ClN2O2+. The number of halogens is 1.